The predicted octanol–water partition coefficient (Wildman–Crippen LogP) is 3.75. The van der Waals surface area contributed by atoms with E-state index < -0.39 is 6.04 Å². The molecule has 6 heteroatoms. The van der Waals surface area contributed by atoms with Crippen LogP contribution >= 0.6 is 11.8 Å². The van der Waals surface area contributed by atoms with Gasteiger partial charge in [0.2, 0.25) is 5.91 Å². The van der Waals surface area contributed by atoms with Crippen molar-refractivity contribution in [3.63, 3.8) is 0 Å². The van der Waals surface area contributed by atoms with Crippen molar-refractivity contribution in [2.75, 3.05) is 18.9 Å². The summed E-state index contributed by atoms with van der Waals surface area (Å²) >= 11 is 1.68. The lowest BCUT2D eigenvalue weighted by Crippen LogP contribution is -2.50. The Morgan fingerprint density at radius 3 is 2.39 bits per heavy atom. The summed E-state index contributed by atoms with van der Waals surface area (Å²) in [4.78, 5) is 26.5. The molecular weight excluding hydrogens is 372 g/mol. The molecule has 0 unspecified atom stereocenters. The van der Waals surface area contributed by atoms with Crippen molar-refractivity contribution in [1.29, 1.82) is 0 Å². The van der Waals surface area contributed by atoms with E-state index in [1.54, 1.807) is 30.0 Å². The summed E-state index contributed by atoms with van der Waals surface area (Å²) in [6, 6.07) is 16.5. The maximum absolute atomic E-state index is 12.7. The molecule has 0 saturated carbocycles. The third kappa shape index (κ3) is 6.60. The summed E-state index contributed by atoms with van der Waals surface area (Å²) in [6.07, 6.45) is 0. The van der Waals surface area contributed by atoms with Crippen LogP contribution in [0.25, 0.3) is 0 Å². The zero-order valence-corrected chi connectivity index (χ0v) is 17.4. The largest absolute Gasteiger partial charge is 0.493 e. The highest BCUT2D eigenvalue weighted by atomic mass is 32.2. The minimum atomic E-state index is -0.607. The van der Waals surface area contributed by atoms with E-state index in [-0.39, 0.29) is 17.7 Å². The number of hydrogen-bond donors (Lipinski definition) is 2. The van der Waals surface area contributed by atoms with Gasteiger partial charge in [0.05, 0.1) is 12.2 Å². The SMILES string of the molecule is CCOc1ccccc1C(=O)N[C@H](C(=O)NCCSc1ccccc1)C(C)C. The average Bonchev–Trinajstić information content (AvgIpc) is 2.70. The Balaban J connectivity index is 1.91. The van der Waals surface area contributed by atoms with Crippen LogP contribution in [0.4, 0.5) is 0 Å². The van der Waals surface area contributed by atoms with Gasteiger partial charge in [-0.05, 0) is 37.1 Å². The van der Waals surface area contributed by atoms with Crippen LogP contribution in [-0.2, 0) is 4.79 Å². The maximum atomic E-state index is 12.7. The highest BCUT2D eigenvalue weighted by Crippen LogP contribution is 2.19. The second-order valence-corrected chi connectivity index (χ2v) is 7.75. The van der Waals surface area contributed by atoms with Crippen LogP contribution in [0.3, 0.4) is 0 Å². The summed E-state index contributed by atoms with van der Waals surface area (Å²) < 4.78 is 5.52. The third-order valence-electron chi connectivity index (χ3n) is 4.08. The first-order valence-electron chi connectivity index (χ1n) is 9.51. The van der Waals surface area contributed by atoms with Gasteiger partial charge in [0, 0.05) is 17.2 Å². The quantitative estimate of drug-likeness (QED) is 0.471. The topological polar surface area (TPSA) is 67.4 Å². The predicted molar refractivity (Wildman–Crippen MR) is 114 cm³/mol. The number of benzene rings is 2. The molecule has 0 heterocycles. The Kier molecular flexibility index (Phi) is 8.88. The van der Waals surface area contributed by atoms with Gasteiger partial charge in [0.15, 0.2) is 0 Å². The van der Waals surface area contributed by atoms with E-state index in [2.05, 4.69) is 10.6 Å². The molecule has 0 fully saturated rings. The van der Waals surface area contributed by atoms with Gasteiger partial charge in [-0.25, -0.2) is 0 Å². The van der Waals surface area contributed by atoms with E-state index in [1.165, 1.54) is 0 Å². The Bertz CT molecular complexity index is 765. The van der Waals surface area contributed by atoms with Crippen LogP contribution in [0.15, 0.2) is 59.5 Å². The molecule has 0 radical (unpaired) electrons. The van der Waals surface area contributed by atoms with E-state index in [1.807, 2.05) is 57.2 Å². The number of ether oxygens (including phenoxy) is 1. The zero-order valence-electron chi connectivity index (χ0n) is 16.6. The van der Waals surface area contributed by atoms with Crippen LogP contribution in [-0.4, -0.2) is 36.8 Å². The first-order chi connectivity index (χ1) is 13.5. The number of thioether (sulfide) groups is 1. The standard InChI is InChI=1S/C22H28N2O3S/c1-4-27-19-13-9-8-12-18(19)21(25)24-20(16(2)3)22(26)23-14-15-28-17-10-6-5-7-11-17/h5-13,16,20H,4,14-15H2,1-3H3,(H,23,26)(H,24,25)/t20-/m0/s1. The lowest BCUT2D eigenvalue weighted by molar-refractivity contribution is -0.123. The first kappa shape index (κ1) is 21.8. The molecule has 2 rings (SSSR count). The van der Waals surface area contributed by atoms with Gasteiger partial charge in [-0.2, -0.15) is 0 Å². The van der Waals surface area contributed by atoms with Crippen molar-refractivity contribution in [3.05, 3.63) is 60.2 Å². The van der Waals surface area contributed by atoms with Crippen LogP contribution in [0.5, 0.6) is 5.75 Å². The molecule has 0 aliphatic heterocycles. The highest BCUT2D eigenvalue weighted by Gasteiger charge is 2.25. The van der Waals surface area contributed by atoms with Gasteiger partial charge in [0.1, 0.15) is 11.8 Å². The number of para-hydroxylation sites is 1. The minimum absolute atomic E-state index is 0.0371. The van der Waals surface area contributed by atoms with Crippen molar-refractivity contribution in [2.24, 2.45) is 5.92 Å². The summed E-state index contributed by atoms with van der Waals surface area (Å²) in [5.74, 6) is 0.763. The van der Waals surface area contributed by atoms with Crippen LogP contribution in [0.2, 0.25) is 0 Å². The molecule has 0 bridgehead atoms. The van der Waals surface area contributed by atoms with Crippen LogP contribution in [0.1, 0.15) is 31.1 Å². The summed E-state index contributed by atoms with van der Waals surface area (Å²) in [5, 5.41) is 5.78. The Hall–Kier alpha value is -2.47. The van der Waals surface area contributed by atoms with Crippen LogP contribution < -0.4 is 15.4 Å². The molecule has 0 aliphatic rings. The average molecular weight is 401 g/mol. The maximum Gasteiger partial charge on any atom is 0.255 e. The minimum Gasteiger partial charge on any atom is -0.493 e. The van der Waals surface area contributed by atoms with Gasteiger partial charge in [-0.3, -0.25) is 9.59 Å². The molecule has 150 valence electrons. The van der Waals surface area contributed by atoms with Crippen molar-refractivity contribution in [2.45, 2.75) is 31.7 Å². The second-order valence-electron chi connectivity index (χ2n) is 6.58. The molecule has 2 amide bonds. The third-order valence-corrected chi connectivity index (χ3v) is 5.09. The van der Waals surface area contributed by atoms with Gasteiger partial charge in [0.25, 0.3) is 5.91 Å². The normalized spacial score (nSPS) is 11.7. The summed E-state index contributed by atoms with van der Waals surface area (Å²) in [6.45, 7) is 6.70. The number of rotatable bonds is 10. The number of carbonyl (C=O) groups is 2. The lowest BCUT2D eigenvalue weighted by atomic mass is 10.0. The van der Waals surface area contributed by atoms with E-state index >= 15 is 0 Å². The van der Waals surface area contributed by atoms with Crippen molar-refractivity contribution in [1.82, 2.24) is 10.6 Å². The molecule has 2 aromatic carbocycles. The van der Waals surface area contributed by atoms with Gasteiger partial charge in [-0.1, -0.05) is 44.2 Å². The molecular formula is C22H28N2O3S. The fraction of sp³-hybridized carbons (Fsp3) is 0.364. The van der Waals surface area contributed by atoms with Gasteiger partial charge < -0.3 is 15.4 Å². The zero-order chi connectivity index (χ0) is 20.4. The fourth-order valence-electron chi connectivity index (χ4n) is 2.66. The van der Waals surface area contributed by atoms with Crippen molar-refractivity contribution in [3.8, 4) is 5.75 Å². The smallest absolute Gasteiger partial charge is 0.255 e. The number of amides is 2. The molecule has 0 aliphatic carbocycles. The fourth-order valence-corrected chi connectivity index (χ4v) is 3.45. The highest BCUT2D eigenvalue weighted by molar-refractivity contribution is 7.99. The molecule has 0 aromatic heterocycles. The number of hydrogen-bond acceptors (Lipinski definition) is 4. The molecule has 2 N–H and O–H groups in total. The second kappa shape index (κ2) is 11.4. The van der Waals surface area contributed by atoms with Gasteiger partial charge >= 0.3 is 0 Å². The summed E-state index contributed by atoms with van der Waals surface area (Å²) in [7, 11) is 0. The van der Waals surface area contributed by atoms with Crippen LogP contribution in [0, 0.1) is 5.92 Å². The Morgan fingerprint density at radius 2 is 1.71 bits per heavy atom. The van der Waals surface area contributed by atoms with E-state index in [0.717, 1.165) is 10.6 Å². The summed E-state index contributed by atoms with van der Waals surface area (Å²) in [5.41, 5.74) is 0.433. The van der Waals surface area contributed by atoms with E-state index in [4.69, 9.17) is 4.74 Å². The molecule has 5 nitrogen and oxygen atoms in total. The first-order valence-corrected chi connectivity index (χ1v) is 10.5. The Morgan fingerprint density at radius 1 is 1.04 bits per heavy atom. The monoisotopic (exact) mass is 400 g/mol. The number of carbonyl (C=O) groups excluding carboxylic acids is 2. The van der Waals surface area contributed by atoms with E-state index in [9.17, 15) is 9.59 Å². The van der Waals surface area contributed by atoms with Crippen molar-refractivity contribution >= 4 is 23.6 Å². The molecule has 28 heavy (non-hydrogen) atoms. The molecule has 0 spiro atoms. The Labute approximate surface area is 171 Å². The molecule has 2 aromatic rings. The van der Waals surface area contributed by atoms with Gasteiger partial charge in [-0.15, -0.1) is 11.8 Å². The lowest BCUT2D eigenvalue weighted by Gasteiger charge is -2.22. The molecule has 0 saturated heterocycles. The van der Waals surface area contributed by atoms with Crippen molar-refractivity contribution < 1.29 is 14.3 Å². The number of nitrogens with one attached hydrogen (secondary N) is 2. The van der Waals surface area contributed by atoms with E-state index in [0.29, 0.717) is 24.5 Å². The molecule has 1 atom stereocenters.